The lowest BCUT2D eigenvalue weighted by atomic mass is 10.6. The van der Waals surface area contributed by atoms with Crippen molar-refractivity contribution in [2.24, 2.45) is 4.99 Å². The van der Waals surface area contributed by atoms with Gasteiger partial charge < -0.3 is 5.11 Å². The van der Waals surface area contributed by atoms with Crippen molar-refractivity contribution in [2.75, 3.05) is 13.1 Å². The second-order valence-electron chi connectivity index (χ2n) is 1.63. The molecule has 0 saturated heterocycles. The van der Waals surface area contributed by atoms with E-state index in [9.17, 15) is 4.79 Å². The van der Waals surface area contributed by atoms with Crippen LogP contribution in [0.4, 0.5) is 0 Å². The normalized spacial score (nSPS) is 17.9. The van der Waals surface area contributed by atoms with Crippen LogP contribution in [0.15, 0.2) is 4.99 Å². The topological polar surface area (TPSA) is 73.1 Å². The highest BCUT2D eigenvalue weighted by molar-refractivity contribution is 6.34. The van der Waals surface area contributed by atoms with Gasteiger partial charge in [-0.15, -0.1) is 0 Å². The number of aliphatic imine (C=N–C) groups is 1. The van der Waals surface area contributed by atoms with Gasteiger partial charge in [-0.2, -0.15) is 0 Å². The summed E-state index contributed by atoms with van der Waals surface area (Å²) in [6.07, 6.45) is 0. The van der Waals surface area contributed by atoms with Crippen molar-refractivity contribution in [3.8, 4) is 0 Å². The highest BCUT2D eigenvalue weighted by atomic mass is 16.5. The maximum absolute atomic E-state index is 10.1. The van der Waals surface area contributed by atoms with Crippen LogP contribution in [0.5, 0.6) is 0 Å². The minimum Gasteiger partial charge on any atom is -0.475 e. The zero-order valence-electron chi connectivity index (χ0n) is 4.61. The van der Waals surface area contributed by atoms with Gasteiger partial charge in [-0.1, -0.05) is 0 Å². The number of carbonyl (C=O) groups is 1. The molecule has 0 radical (unpaired) electrons. The first-order valence-electron chi connectivity index (χ1n) is 2.46. The maximum Gasteiger partial charge on any atom is 0.373 e. The van der Waals surface area contributed by atoms with E-state index in [0.717, 1.165) is 0 Å². The molecule has 0 amide bonds. The fourth-order valence-corrected chi connectivity index (χ4v) is 0.616. The molecule has 0 unspecified atom stereocenters. The van der Waals surface area contributed by atoms with E-state index in [1.165, 1.54) is 0 Å². The lowest BCUT2D eigenvalue weighted by molar-refractivity contribution is -0.132. The predicted molar refractivity (Wildman–Crippen MR) is 28.4 cm³/mol. The third-order valence-electron chi connectivity index (χ3n) is 1.01. The molecule has 2 N–H and O–H groups in total. The van der Waals surface area contributed by atoms with Gasteiger partial charge in [-0.3, -0.25) is 10.2 Å². The van der Waals surface area contributed by atoms with E-state index in [-0.39, 0.29) is 12.4 Å². The van der Waals surface area contributed by atoms with Crippen molar-refractivity contribution in [1.29, 1.82) is 0 Å². The van der Waals surface area contributed by atoms with Gasteiger partial charge in [-0.25, -0.2) is 9.86 Å². The number of hydrogen-bond donors (Lipinski definition) is 2. The average molecular weight is 130 g/mol. The van der Waals surface area contributed by atoms with E-state index in [1.807, 2.05) is 0 Å². The van der Waals surface area contributed by atoms with Crippen molar-refractivity contribution in [3.63, 3.8) is 0 Å². The SMILES string of the molecule is O=C(O)C1=NCCN1O. The van der Waals surface area contributed by atoms with E-state index in [1.54, 1.807) is 0 Å². The molecule has 1 rings (SSSR count). The van der Waals surface area contributed by atoms with Gasteiger partial charge in [0.05, 0.1) is 13.1 Å². The van der Waals surface area contributed by atoms with Gasteiger partial charge in [0.1, 0.15) is 0 Å². The van der Waals surface area contributed by atoms with Gasteiger partial charge in [0.15, 0.2) is 0 Å². The summed E-state index contributed by atoms with van der Waals surface area (Å²) in [5.41, 5.74) is 0. The molecule has 1 aliphatic rings. The standard InChI is InChI=1S/C4H6N2O3/c7-4(8)3-5-1-2-6(3)9/h9H,1-2H2,(H,7,8). The van der Waals surface area contributed by atoms with E-state index in [2.05, 4.69) is 4.99 Å². The Bertz CT molecular complexity index is 165. The lowest BCUT2D eigenvalue weighted by Crippen LogP contribution is -2.29. The summed E-state index contributed by atoms with van der Waals surface area (Å²) in [4.78, 5) is 13.6. The number of amidine groups is 1. The summed E-state index contributed by atoms with van der Waals surface area (Å²) in [5.74, 6) is -1.45. The van der Waals surface area contributed by atoms with Gasteiger partial charge in [0, 0.05) is 0 Å². The zero-order chi connectivity index (χ0) is 6.85. The molecule has 0 aromatic carbocycles. The first kappa shape index (κ1) is 6.03. The minimum absolute atomic E-state index is 0.269. The molecular formula is C4H6N2O3. The van der Waals surface area contributed by atoms with Crippen molar-refractivity contribution in [1.82, 2.24) is 5.06 Å². The van der Waals surface area contributed by atoms with Crippen LogP contribution >= 0.6 is 0 Å². The van der Waals surface area contributed by atoms with E-state index in [0.29, 0.717) is 11.6 Å². The Hall–Kier alpha value is -1.10. The number of carboxylic acid groups (broad SMARTS) is 1. The average Bonchev–Trinajstić information content (AvgIpc) is 2.13. The molecule has 0 fully saturated rings. The molecule has 50 valence electrons. The number of rotatable bonds is 1. The highest BCUT2D eigenvalue weighted by Gasteiger charge is 2.20. The third kappa shape index (κ3) is 0.996. The Labute approximate surface area is 51.2 Å². The van der Waals surface area contributed by atoms with E-state index in [4.69, 9.17) is 10.3 Å². The molecule has 0 saturated carbocycles. The van der Waals surface area contributed by atoms with Crippen LogP contribution in [0.3, 0.4) is 0 Å². The summed E-state index contributed by atoms with van der Waals surface area (Å²) < 4.78 is 0. The van der Waals surface area contributed by atoms with Gasteiger partial charge in [0.25, 0.3) is 0 Å². The molecule has 1 aliphatic heterocycles. The Morgan fingerprint density at radius 2 is 2.44 bits per heavy atom. The summed E-state index contributed by atoms with van der Waals surface area (Å²) in [6, 6.07) is 0. The number of hydrogen-bond acceptors (Lipinski definition) is 4. The molecular weight excluding hydrogens is 124 g/mol. The van der Waals surface area contributed by atoms with Crippen LogP contribution in [-0.2, 0) is 4.79 Å². The van der Waals surface area contributed by atoms with Crippen LogP contribution in [0.2, 0.25) is 0 Å². The second-order valence-corrected chi connectivity index (χ2v) is 1.63. The third-order valence-corrected chi connectivity index (χ3v) is 1.01. The van der Waals surface area contributed by atoms with E-state index >= 15 is 0 Å². The number of carboxylic acids is 1. The largest absolute Gasteiger partial charge is 0.475 e. The Kier molecular flexibility index (Phi) is 1.35. The molecule has 0 aromatic heterocycles. The quantitative estimate of drug-likeness (QED) is 0.486. The van der Waals surface area contributed by atoms with Crippen molar-refractivity contribution in [2.45, 2.75) is 0 Å². The van der Waals surface area contributed by atoms with Crippen LogP contribution in [0.1, 0.15) is 0 Å². The first-order valence-corrected chi connectivity index (χ1v) is 2.46. The molecule has 0 atom stereocenters. The van der Waals surface area contributed by atoms with Crippen molar-refractivity contribution < 1.29 is 15.1 Å². The van der Waals surface area contributed by atoms with Crippen LogP contribution in [-0.4, -0.2) is 40.3 Å². The molecule has 0 aromatic rings. The van der Waals surface area contributed by atoms with Gasteiger partial charge in [-0.05, 0) is 0 Å². The van der Waals surface area contributed by atoms with Crippen LogP contribution < -0.4 is 0 Å². The zero-order valence-corrected chi connectivity index (χ0v) is 4.61. The molecule has 5 nitrogen and oxygen atoms in total. The molecule has 5 heteroatoms. The summed E-state index contributed by atoms with van der Waals surface area (Å²) in [6.45, 7) is 0.639. The smallest absolute Gasteiger partial charge is 0.373 e. The maximum atomic E-state index is 10.1. The molecule has 0 bridgehead atoms. The van der Waals surface area contributed by atoms with Crippen molar-refractivity contribution in [3.05, 3.63) is 0 Å². The predicted octanol–water partition coefficient (Wildman–Crippen LogP) is -0.826. The summed E-state index contributed by atoms with van der Waals surface area (Å²) >= 11 is 0. The fourth-order valence-electron chi connectivity index (χ4n) is 0.616. The number of hydroxylamine groups is 2. The highest BCUT2D eigenvalue weighted by Crippen LogP contribution is 1.96. The molecule has 1 heterocycles. The summed E-state index contributed by atoms with van der Waals surface area (Å²) in [5, 5.41) is 17.6. The Morgan fingerprint density at radius 3 is 2.67 bits per heavy atom. The van der Waals surface area contributed by atoms with Crippen LogP contribution in [0.25, 0.3) is 0 Å². The lowest BCUT2D eigenvalue weighted by Gasteiger charge is -2.05. The number of aliphatic carboxylic acids is 1. The Balaban J connectivity index is 2.68. The van der Waals surface area contributed by atoms with Crippen LogP contribution in [0, 0.1) is 0 Å². The second kappa shape index (κ2) is 2.02. The minimum atomic E-state index is -1.19. The monoisotopic (exact) mass is 130 g/mol. The van der Waals surface area contributed by atoms with Gasteiger partial charge >= 0.3 is 5.97 Å². The molecule has 0 aliphatic carbocycles. The molecule has 9 heavy (non-hydrogen) atoms. The Morgan fingerprint density at radius 1 is 1.78 bits per heavy atom. The molecule has 0 spiro atoms. The first-order chi connectivity index (χ1) is 4.22. The summed E-state index contributed by atoms with van der Waals surface area (Å²) in [7, 11) is 0. The fraction of sp³-hybridized carbons (Fsp3) is 0.500. The van der Waals surface area contributed by atoms with E-state index < -0.39 is 5.97 Å². The van der Waals surface area contributed by atoms with Crippen molar-refractivity contribution >= 4 is 11.8 Å². The number of nitrogens with zero attached hydrogens (tertiary/aromatic N) is 2. The van der Waals surface area contributed by atoms with Gasteiger partial charge in [0.2, 0.25) is 5.84 Å².